The molecule has 0 aliphatic heterocycles. The highest BCUT2D eigenvalue weighted by Gasteiger charge is 2.15. The highest BCUT2D eigenvalue weighted by Crippen LogP contribution is 2.16. The summed E-state index contributed by atoms with van der Waals surface area (Å²) in [5.74, 6) is 0.104. The summed E-state index contributed by atoms with van der Waals surface area (Å²) in [6, 6.07) is 16.1. The lowest BCUT2D eigenvalue weighted by molar-refractivity contribution is 0.575. The fraction of sp³-hybridized carbons (Fsp3) is 0.200. The zero-order valence-corrected chi connectivity index (χ0v) is 12.1. The third-order valence-corrected chi connectivity index (χ3v) is 4.54. The van der Waals surface area contributed by atoms with Gasteiger partial charge in [0.1, 0.15) is 0 Å². The SMILES string of the molecule is CC(CNS(=O)(=O)c1cccc(N)c1)c1ccccc1. The first kappa shape index (κ1) is 14.6. The summed E-state index contributed by atoms with van der Waals surface area (Å²) in [7, 11) is -3.52. The number of nitrogen functional groups attached to an aromatic ring is 1. The van der Waals surface area contributed by atoms with Crippen LogP contribution in [0.25, 0.3) is 0 Å². The Hall–Kier alpha value is -1.85. The van der Waals surface area contributed by atoms with Gasteiger partial charge in [-0.2, -0.15) is 0 Å². The second kappa shape index (κ2) is 6.07. The number of rotatable bonds is 5. The fourth-order valence-corrected chi connectivity index (χ4v) is 3.08. The van der Waals surface area contributed by atoms with Gasteiger partial charge in [0.05, 0.1) is 4.90 Å². The van der Waals surface area contributed by atoms with Crippen LogP contribution in [0.1, 0.15) is 18.4 Å². The minimum absolute atomic E-state index is 0.104. The Bertz CT molecular complexity index is 669. The molecule has 0 aliphatic rings. The maximum atomic E-state index is 12.2. The van der Waals surface area contributed by atoms with Gasteiger partial charge in [-0.15, -0.1) is 0 Å². The van der Waals surface area contributed by atoms with Crippen LogP contribution in [0.4, 0.5) is 5.69 Å². The van der Waals surface area contributed by atoms with Gasteiger partial charge in [-0.1, -0.05) is 43.3 Å². The van der Waals surface area contributed by atoms with Gasteiger partial charge in [0.2, 0.25) is 10.0 Å². The predicted octanol–water partition coefficient (Wildman–Crippen LogP) is 2.35. The molecule has 20 heavy (non-hydrogen) atoms. The molecular formula is C15H18N2O2S. The quantitative estimate of drug-likeness (QED) is 0.830. The molecule has 1 unspecified atom stereocenters. The number of hydrogen-bond donors (Lipinski definition) is 2. The first-order chi connectivity index (χ1) is 9.49. The summed E-state index contributed by atoms with van der Waals surface area (Å²) >= 11 is 0. The van der Waals surface area contributed by atoms with Gasteiger partial charge >= 0.3 is 0 Å². The molecule has 1 atom stereocenters. The highest BCUT2D eigenvalue weighted by molar-refractivity contribution is 7.89. The lowest BCUT2D eigenvalue weighted by atomic mass is 10.0. The van der Waals surface area contributed by atoms with E-state index < -0.39 is 10.0 Å². The summed E-state index contributed by atoms with van der Waals surface area (Å²) in [4.78, 5) is 0.192. The van der Waals surface area contributed by atoms with E-state index >= 15 is 0 Å². The van der Waals surface area contributed by atoms with Crippen LogP contribution in [0, 0.1) is 0 Å². The Labute approximate surface area is 119 Å². The van der Waals surface area contributed by atoms with Crippen LogP contribution < -0.4 is 10.5 Å². The minimum atomic E-state index is -3.52. The Kier molecular flexibility index (Phi) is 4.42. The van der Waals surface area contributed by atoms with Crippen molar-refractivity contribution in [2.75, 3.05) is 12.3 Å². The molecule has 106 valence electrons. The zero-order chi connectivity index (χ0) is 14.6. The van der Waals surface area contributed by atoms with Gasteiger partial charge in [0.25, 0.3) is 0 Å². The monoisotopic (exact) mass is 290 g/mol. The number of nitrogens with two attached hydrogens (primary N) is 1. The van der Waals surface area contributed by atoms with Crippen LogP contribution >= 0.6 is 0 Å². The molecule has 0 aliphatic carbocycles. The van der Waals surface area contributed by atoms with Gasteiger partial charge < -0.3 is 5.73 Å². The standard InChI is InChI=1S/C15H18N2O2S/c1-12(13-6-3-2-4-7-13)11-17-20(18,19)15-9-5-8-14(16)10-15/h2-10,12,17H,11,16H2,1H3. The number of nitrogens with one attached hydrogen (secondary N) is 1. The largest absolute Gasteiger partial charge is 0.399 e. The molecule has 5 heteroatoms. The van der Waals surface area contributed by atoms with E-state index in [9.17, 15) is 8.42 Å². The fourth-order valence-electron chi connectivity index (χ4n) is 1.90. The summed E-state index contributed by atoms with van der Waals surface area (Å²) in [6.07, 6.45) is 0. The zero-order valence-electron chi connectivity index (χ0n) is 11.3. The van der Waals surface area contributed by atoms with Crippen molar-refractivity contribution in [3.05, 3.63) is 60.2 Å². The first-order valence-corrected chi connectivity index (χ1v) is 7.87. The second-order valence-electron chi connectivity index (χ2n) is 4.74. The maximum absolute atomic E-state index is 12.2. The average molecular weight is 290 g/mol. The van der Waals surface area contributed by atoms with Crippen LogP contribution in [-0.4, -0.2) is 15.0 Å². The van der Waals surface area contributed by atoms with Gasteiger partial charge in [-0.25, -0.2) is 13.1 Å². The second-order valence-corrected chi connectivity index (χ2v) is 6.50. The van der Waals surface area contributed by atoms with E-state index in [0.29, 0.717) is 12.2 Å². The van der Waals surface area contributed by atoms with Gasteiger partial charge in [-0.3, -0.25) is 0 Å². The van der Waals surface area contributed by atoms with Crippen molar-refractivity contribution in [2.45, 2.75) is 17.7 Å². The van der Waals surface area contributed by atoms with E-state index in [-0.39, 0.29) is 10.8 Å². The van der Waals surface area contributed by atoms with E-state index in [1.165, 1.54) is 12.1 Å². The van der Waals surface area contributed by atoms with E-state index in [2.05, 4.69) is 4.72 Å². The smallest absolute Gasteiger partial charge is 0.240 e. The number of anilines is 1. The molecule has 0 saturated carbocycles. The summed E-state index contributed by atoms with van der Waals surface area (Å²) in [5, 5.41) is 0. The Morgan fingerprint density at radius 1 is 1.10 bits per heavy atom. The van der Waals surface area contributed by atoms with Crippen LogP contribution in [0.3, 0.4) is 0 Å². The van der Waals surface area contributed by atoms with Crippen molar-refractivity contribution in [3.8, 4) is 0 Å². The maximum Gasteiger partial charge on any atom is 0.240 e. The van der Waals surface area contributed by atoms with Gasteiger partial charge in [0, 0.05) is 12.2 Å². The summed E-state index contributed by atoms with van der Waals surface area (Å²) in [5.41, 5.74) is 7.14. The topological polar surface area (TPSA) is 72.2 Å². The summed E-state index contributed by atoms with van der Waals surface area (Å²) < 4.78 is 26.9. The lowest BCUT2D eigenvalue weighted by Crippen LogP contribution is -2.27. The van der Waals surface area contributed by atoms with Crippen molar-refractivity contribution >= 4 is 15.7 Å². The minimum Gasteiger partial charge on any atom is -0.399 e. The molecular weight excluding hydrogens is 272 g/mol. The number of hydrogen-bond acceptors (Lipinski definition) is 3. The predicted molar refractivity (Wildman–Crippen MR) is 80.9 cm³/mol. The van der Waals surface area contributed by atoms with Crippen LogP contribution in [0.2, 0.25) is 0 Å². The summed E-state index contributed by atoms with van der Waals surface area (Å²) in [6.45, 7) is 2.33. The molecule has 3 N–H and O–H groups in total. The molecule has 0 spiro atoms. The lowest BCUT2D eigenvalue weighted by Gasteiger charge is -2.13. The van der Waals surface area contributed by atoms with Gasteiger partial charge in [-0.05, 0) is 29.7 Å². The van der Waals surface area contributed by atoms with Crippen LogP contribution in [0.5, 0.6) is 0 Å². The Balaban J connectivity index is 2.07. The number of benzene rings is 2. The molecule has 0 radical (unpaired) electrons. The highest BCUT2D eigenvalue weighted by atomic mass is 32.2. The molecule has 0 amide bonds. The molecule has 2 rings (SSSR count). The number of sulfonamides is 1. The van der Waals surface area contributed by atoms with E-state index in [1.54, 1.807) is 12.1 Å². The van der Waals surface area contributed by atoms with Crippen molar-refractivity contribution < 1.29 is 8.42 Å². The molecule has 0 aromatic heterocycles. The molecule has 2 aromatic rings. The average Bonchev–Trinajstić information content (AvgIpc) is 2.46. The van der Waals surface area contributed by atoms with Crippen molar-refractivity contribution in [1.29, 1.82) is 0 Å². The van der Waals surface area contributed by atoms with E-state index in [4.69, 9.17) is 5.73 Å². The van der Waals surface area contributed by atoms with E-state index in [0.717, 1.165) is 5.56 Å². The molecule has 0 fully saturated rings. The van der Waals surface area contributed by atoms with Crippen LogP contribution in [-0.2, 0) is 10.0 Å². The Morgan fingerprint density at radius 3 is 2.45 bits per heavy atom. The molecule has 2 aromatic carbocycles. The third-order valence-electron chi connectivity index (χ3n) is 3.12. The molecule has 0 saturated heterocycles. The molecule has 0 bridgehead atoms. The van der Waals surface area contributed by atoms with E-state index in [1.807, 2.05) is 37.3 Å². The van der Waals surface area contributed by atoms with Crippen molar-refractivity contribution in [3.63, 3.8) is 0 Å². The third kappa shape index (κ3) is 3.59. The van der Waals surface area contributed by atoms with Crippen molar-refractivity contribution in [1.82, 2.24) is 4.72 Å². The Morgan fingerprint density at radius 2 is 1.80 bits per heavy atom. The first-order valence-electron chi connectivity index (χ1n) is 6.39. The van der Waals surface area contributed by atoms with Crippen molar-refractivity contribution in [2.24, 2.45) is 0 Å². The molecule has 4 nitrogen and oxygen atoms in total. The molecule has 0 heterocycles. The van der Waals surface area contributed by atoms with Gasteiger partial charge in [0.15, 0.2) is 0 Å². The normalized spacial score (nSPS) is 13.1. The van der Waals surface area contributed by atoms with Crippen LogP contribution in [0.15, 0.2) is 59.5 Å².